The second kappa shape index (κ2) is 10.4. The van der Waals surface area contributed by atoms with Gasteiger partial charge < -0.3 is 10.2 Å². The molecule has 0 fully saturated rings. The van der Waals surface area contributed by atoms with Crippen LogP contribution in [0.5, 0.6) is 0 Å². The minimum Gasteiger partial charge on any atom is -0.352 e. The fraction of sp³-hybridized carbons (Fsp3) is 0.417. The third-order valence-corrected chi connectivity index (χ3v) is 5.53. The average Bonchev–Trinajstić information content (AvgIpc) is 2.69. The van der Waals surface area contributed by atoms with Gasteiger partial charge in [-0.15, -0.1) is 0 Å². The average molecular weight is 415 g/mol. The second-order valence-corrected chi connectivity index (χ2v) is 8.19. The quantitative estimate of drug-likeness (QED) is 0.672. The Hall–Kier alpha value is -2.33. The van der Waals surface area contributed by atoms with E-state index in [1.54, 1.807) is 24.0 Å². The van der Waals surface area contributed by atoms with Crippen LogP contribution < -0.4 is 5.32 Å². The summed E-state index contributed by atoms with van der Waals surface area (Å²) in [5, 5.41) is 3.63. The predicted molar refractivity (Wildman–Crippen MR) is 119 cm³/mol. The predicted octanol–water partition coefficient (Wildman–Crippen LogP) is 4.83. The molecule has 4 nitrogen and oxygen atoms in total. The summed E-state index contributed by atoms with van der Waals surface area (Å²) in [4.78, 5) is 27.7. The first kappa shape index (κ1) is 23.0. The second-order valence-electron chi connectivity index (χ2n) is 7.75. The summed E-state index contributed by atoms with van der Waals surface area (Å²) in [7, 11) is 0. The highest BCUT2D eigenvalue weighted by molar-refractivity contribution is 6.30. The number of hydrogen-bond acceptors (Lipinski definition) is 2. The van der Waals surface area contributed by atoms with Crippen LogP contribution in [0.1, 0.15) is 49.4 Å². The van der Waals surface area contributed by atoms with Crippen LogP contribution in [0, 0.1) is 13.8 Å². The lowest BCUT2D eigenvalue weighted by Gasteiger charge is -2.30. The zero-order valence-corrected chi connectivity index (χ0v) is 18.7. The molecule has 0 aliphatic heterocycles. The number of carbonyl (C=O) groups is 2. The molecule has 29 heavy (non-hydrogen) atoms. The van der Waals surface area contributed by atoms with Crippen molar-refractivity contribution in [1.82, 2.24) is 10.2 Å². The van der Waals surface area contributed by atoms with Gasteiger partial charge in [-0.05, 0) is 62.9 Å². The number of nitrogens with zero attached hydrogens (tertiary/aromatic N) is 1. The molecule has 0 bridgehead atoms. The molecule has 2 unspecified atom stereocenters. The number of benzene rings is 2. The summed E-state index contributed by atoms with van der Waals surface area (Å²) >= 11 is 5.99. The Kier molecular flexibility index (Phi) is 8.27. The molecule has 0 aromatic heterocycles. The van der Waals surface area contributed by atoms with Crippen molar-refractivity contribution < 1.29 is 9.59 Å². The third-order valence-electron chi connectivity index (χ3n) is 5.28. The van der Waals surface area contributed by atoms with Gasteiger partial charge in [-0.25, -0.2) is 0 Å². The van der Waals surface area contributed by atoms with Crippen LogP contribution in [0.15, 0.2) is 42.5 Å². The number of rotatable bonds is 8. The van der Waals surface area contributed by atoms with E-state index in [-0.39, 0.29) is 24.3 Å². The molecule has 0 aliphatic carbocycles. The number of hydrogen-bond donors (Lipinski definition) is 1. The van der Waals surface area contributed by atoms with Gasteiger partial charge in [-0.1, -0.05) is 54.4 Å². The summed E-state index contributed by atoms with van der Waals surface area (Å²) in [5.74, 6) is -0.205. The zero-order valence-electron chi connectivity index (χ0n) is 18.0. The highest BCUT2D eigenvalue weighted by Crippen LogP contribution is 2.17. The molecule has 0 saturated heterocycles. The highest BCUT2D eigenvalue weighted by Gasteiger charge is 2.27. The summed E-state index contributed by atoms with van der Waals surface area (Å²) in [6, 6.07) is 13.0. The molecule has 2 aromatic carbocycles. The Labute approximate surface area is 179 Å². The minimum absolute atomic E-state index is 0.0662. The fourth-order valence-corrected chi connectivity index (χ4v) is 3.22. The van der Waals surface area contributed by atoms with Crippen LogP contribution in [0.25, 0.3) is 0 Å². The molecular weight excluding hydrogens is 384 g/mol. The van der Waals surface area contributed by atoms with E-state index in [9.17, 15) is 9.59 Å². The SMILES string of the molecule is CCC(C)NC(=O)C(C)N(Cc1ccc(Cl)cc1)C(=O)Cc1cc(C)ccc1C. The number of carbonyl (C=O) groups excluding carboxylic acids is 2. The molecule has 2 rings (SSSR count). The molecule has 1 N–H and O–H groups in total. The number of aryl methyl sites for hydroxylation is 2. The molecule has 2 aromatic rings. The van der Waals surface area contributed by atoms with Crippen molar-refractivity contribution in [2.45, 2.75) is 66.1 Å². The van der Waals surface area contributed by atoms with Gasteiger partial charge in [-0.2, -0.15) is 0 Å². The van der Waals surface area contributed by atoms with Gasteiger partial charge in [0, 0.05) is 17.6 Å². The highest BCUT2D eigenvalue weighted by atomic mass is 35.5. The van der Waals surface area contributed by atoms with Crippen LogP contribution in [-0.2, 0) is 22.6 Å². The monoisotopic (exact) mass is 414 g/mol. The van der Waals surface area contributed by atoms with Gasteiger partial charge in [0.1, 0.15) is 6.04 Å². The van der Waals surface area contributed by atoms with Gasteiger partial charge in [0.2, 0.25) is 11.8 Å². The summed E-state index contributed by atoms with van der Waals surface area (Å²) in [6.45, 7) is 10.1. The molecule has 0 heterocycles. The molecule has 0 saturated carbocycles. The van der Waals surface area contributed by atoms with Gasteiger partial charge in [0.15, 0.2) is 0 Å². The number of amides is 2. The van der Waals surface area contributed by atoms with E-state index in [1.807, 2.05) is 58.0 Å². The first-order valence-corrected chi connectivity index (χ1v) is 10.5. The van der Waals surface area contributed by atoms with Gasteiger partial charge in [0.25, 0.3) is 0 Å². The van der Waals surface area contributed by atoms with E-state index >= 15 is 0 Å². The van der Waals surface area contributed by atoms with E-state index in [1.165, 1.54) is 0 Å². The van der Waals surface area contributed by atoms with E-state index in [0.717, 1.165) is 28.7 Å². The summed E-state index contributed by atoms with van der Waals surface area (Å²) in [6.07, 6.45) is 1.11. The van der Waals surface area contributed by atoms with Gasteiger partial charge >= 0.3 is 0 Å². The molecule has 0 aliphatic rings. The van der Waals surface area contributed by atoms with Crippen LogP contribution in [0.2, 0.25) is 5.02 Å². The first-order chi connectivity index (χ1) is 13.7. The summed E-state index contributed by atoms with van der Waals surface area (Å²) < 4.78 is 0. The molecule has 156 valence electrons. The first-order valence-electron chi connectivity index (χ1n) is 10.1. The maximum Gasteiger partial charge on any atom is 0.242 e. The maximum atomic E-state index is 13.3. The van der Waals surface area contributed by atoms with Gasteiger partial charge in [-0.3, -0.25) is 9.59 Å². The Morgan fingerprint density at radius 1 is 1.07 bits per heavy atom. The van der Waals surface area contributed by atoms with E-state index < -0.39 is 6.04 Å². The Balaban J connectivity index is 2.26. The smallest absolute Gasteiger partial charge is 0.242 e. The van der Waals surface area contributed by atoms with Crippen molar-refractivity contribution in [2.24, 2.45) is 0 Å². The van der Waals surface area contributed by atoms with Crippen LogP contribution in [0.4, 0.5) is 0 Å². The number of nitrogens with one attached hydrogen (secondary N) is 1. The zero-order chi connectivity index (χ0) is 21.6. The van der Waals surface area contributed by atoms with Crippen molar-refractivity contribution in [1.29, 1.82) is 0 Å². The van der Waals surface area contributed by atoms with Crippen molar-refractivity contribution in [3.8, 4) is 0 Å². The normalized spacial score (nSPS) is 12.9. The number of halogens is 1. The summed E-state index contributed by atoms with van der Waals surface area (Å²) in [5.41, 5.74) is 4.12. The lowest BCUT2D eigenvalue weighted by Crippen LogP contribution is -2.49. The molecule has 2 amide bonds. The molecule has 0 radical (unpaired) electrons. The maximum absolute atomic E-state index is 13.3. The molecule has 0 spiro atoms. The van der Waals surface area contributed by atoms with E-state index in [2.05, 4.69) is 5.32 Å². The topological polar surface area (TPSA) is 49.4 Å². The molecular formula is C24H31ClN2O2. The minimum atomic E-state index is -0.572. The van der Waals surface area contributed by atoms with Crippen LogP contribution in [0.3, 0.4) is 0 Å². The van der Waals surface area contributed by atoms with E-state index in [4.69, 9.17) is 11.6 Å². The molecule has 2 atom stereocenters. The van der Waals surface area contributed by atoms with Gasteiger partial charge in [0.05, 0.1) is 6.42 Å². The largest absolute Gasteiger partial charge is 0.352 e. The van der Waals surface area contributed by atoms with Crippen LogP contribution in [-0.4, -0.2) is 28.8 Å². The molecule has 5 heteroatoms. The van der Waals surface area contributed by atoms with Crippen molar-refractivity contribution in [3.63, 3.8) is 0 Å². The lowest BCUT2D eigenvalue weighted by atomic mass is 10.0. The Morgan fingerprint density at radius 2 is 1.72 bits per heavy atom. The Morgan fingerprint density at radius 3 is 2.34 bits per heavy atom. The van der Waals surface area contributed by atoms with Crippen molar-refractivity contribution in [3.05, 3.63) is 69.7 Å². The fourth-order valence-electron chi connectivity index (χ4n) is 3.09. The van der Waals surface area contributed by atoms with Crippen molar-refractivity contribution in [2.75, 3.05) is 0 Å². The van der Waals surface area contributed by atoms with Crippen LogP contribution >= 0.6 is 11.6 Å². The standard InChI is InChI=1S/C24H31ClN2O2/c1-6-18(4)26-24(29)19(5)27(15-20-9-11-22(25)12-10-20)23(28)14-21-13-16(2)7-8-17(21)3/h7-13,18-19H,6,14-15H2,1-5H3,(H,26,29). The van der Waals surface area contributed by atoms with E-state index in [0.29, 0.717) is 11.6 Å². The Bertz CT molecular complexity index is 848. The third kappa shape index (κ3) is 6.60. The van der Waals surface area contributed by atoms with Crippen molar-refractivity contribution >= 4 is 23.4 Å². The lowest BCUT2D eigenvalue weighted by molar-refractivity contribution is -0.140.